The maximum absolute atomic E-state index is 12.7. The van der Waals surface area contributed by atoms with Crippen molar-refractivity contribution in [2.24, 2.45) is 46.3 Å². The minimum Gasteiger partial charge on any atom is -0.455 e. The first-order valence-electron chi connectivity index (χ1n) is 15.2. The van der Waals surface area contributed by atoms with Gasteiger partial charge < -0.3 is 14.9 Å². The fourth-order valence-electron chi connectivity index (χ4n) is 10.4. The average molecular weight is 520 g/mol. The van der Waals surface area contributed by atoms with Crippen molar-refractivity contribution in [2.75, 3.05) is 0 Å². The van der Waals surface area contributed by atoms with Crippen molar-refractivity contribution in [3.05, 3.63) is 10.1 Å². The molecule has 0 radical (unpaired) electrons. The lowest BCUT2D eigenvalue weighted by molar-refractivity contribution is -0.537. The van der Waals surface area contributed by atoms with Gasteiger partial charge >= 0.3 is 5.97 Å². The number of aliphatic hydroxyl groups is 2. The van der Waals surface area contributed by atoms with Gasteiger partial charge in [0.25, 0.3) is 0 Å². The molecule has 0 aliphatic heterocycles. The SMILES string of the molecule is CC(CCC(=O)OC1CCCCC1[N+](=O)[O-])C1CCC2C3C(O)CC4CC(O)CCC4(C)C3CCC12C. The van der Waals surface area contributed by atoms with Gasteiger partial charge in [0, 0.05) is 17.8 Å². The number of rotatable bonds is 6. The third-order valence-electron chi connectivity index (χ3n) is 12.4. The smallest absolute Gasteiger partial charge is 0.306 e. The Balaban J connectivity index is 1.21. The predicted octanol–water partition coefficient (Wildman–Crippen LogP) is 5.52. The van der Waals surface area contributed by atoms with E-state index in [1.54, 1.807) is 0 Å². The van der Waals surface area contributed by atoms with Crippen LogP contribution in [0.25, 0.3) is 0 Å². The number of esters is 1. The number of fused-ring (bicyclic) bond motifs is 5. The maximum atomic E-state index is 12.7. The molecule has 0 aromatic carbocycles. The van der Waals surface area contributed by atoms with E-state index in [1.807, 2.05) is 0 Å². The van der Waals surface area contributed by atoms with Gasteiger partial charge in [-0.3, -0.25) is 14.9 Å². The Kier molecular flexibility index (Phi) is 7.69. The second-order valence-corrected chi connectivity index (χ2v) is 14.1. The second kappa shape index (κ2) is 10.4. The van der Waals surface area contributed by atoms with E-state index in [4.69, 9.17) is 4.74 Å². The van der Waals surface area contributed by atoms with Crippen LogP contribution >= 0.6 is 0 Å². The van der Waals surface area contributed by atoms with Crippen LogP contribution in [0.4, 0.5) is 0 Å². The van der Waals surface area contributed by atoms with Crippen LogP contribution in [0.1, 0.15) is 111 Å². The van der Waals surface area contributed by atoms with Gasteiger partial charge in [-0.15, -0.1) is 0 Å². The third kappa shape index (κ3) is 4.85. The minimum atomic E-state index is -0.754. The Bertz CT molecular complexity index is 865. The molecule has 37 heavy (non-hydrogen) atoms. The molecule has 0 amide bonds. The molecule has 5 aliphatic rings. The molecule has 0 bridgehead atoms. The lowest BCUT2D eigenvalue weighted by Crippen LogP contribution is -2.58. The fourth-order valence-corrected chi connectivity index (χ4v) is 10.4. The summed E-state index contributed by atoms with van der Waals surface area (Å²) in [7, 11) is 0. The Morgan fingerprint density at radius 2 is 1.70 bits per heavy atom. The molecule has 0 aromatic heterocycles. The highest BCUT2D eigenvalue weighted by atomic mass is 16.6. The maximum Gasteiger partial charge on any atom is 0.306 e. The van der Waals surface area contributed by atoms with Gasteiger partial charge in [0.1, 0.15) is 0 Å². The summed E-state index contributed by atoms with van der Waals surface area (Å²) in [4.78, 5) is 23.8. The molecule has 7 heteroatoms. The lowest BCUT2D eigenvalue weighted by Gasteiger charge is -2.62. The first kappa shape index (κ1) is 27.4. The zero-order chi connectivity index (χ0) is 26.5. The van der Waals surface area contributed by atoms with Crippen molar-refractivity contribution in [2.45, 2.75) is 135 Å². The summed E-state index contributed by atoms with van der Waals surface area (Å²) < 4.78 is 5.63. The highest BCUT2D eigenvalue weighted by molar-refractivity contribution is 5.69. The topological polar surface area (TPSA) is 110 Å². The van der Waals surface area contributed by atoms with E-state index < -0.39 is 12.1 Å². The lowest BCUT2D eigenvalue weighted by atomic mass is 9.43. The molecule has 5 aliphatic carbocycles. The number of carbonyl (C=O) groups excluding carboxylic acids is 1. The van der Waals surface area contributed by atoms with Gasteiger partial charge in [0.15, 0.2) is 6.10 Å². The van der Waals surface area contributed by atoms with E-state index in [0.29, 0.717) is 54.8 Å². The van der Waals surface area contributed by atoms with Crippen LogP contribution in [-0.2, 0) is 9.53 Å². The molecule has 5 rings (SSSR count). The van der Waals surface area contributed by atoms with E-state index in [-0.39, 0.29) is 33.9 Å². The van der Waals surface area contributed by atoms with Gasteiger partial charge in [-0.25, -0.2) is 0 Å². The zero-order valence-corrected chi connectivity index (χ0v) is 23.1. The molecule has 12 atom stereocenters. The van der Waals surface area contributed by atoms with E-state index in [1.165, 1.54) is 6.42 Å². The van der Waals surface area contributed by atoms with Crippen LogP contribution in [0.3, 0.4) is 0 Å². The van der Waals surface area contributed by atoms with Crippen LogP contribution in [0.5, 0.6) is 0 Å². The molecule has 0 aromatic rings. The standard InChI is InChI=1S/C30H49NO6/c1-18(8-11-27(34)37-26-7-5-4-6-24(26)31(35)36)21-9-10-22-28-23(13-15-30(21,22)3)29(2)14-12-20(32)16-19(29)17-25(28)33/h18-26,28,32-33H,4-17H2,1-3H3. The van der Waals surface area contributed by atoms with E-state index in [2.05, 4.69) is 20.8 Å². The summed E-state index contributed by atoms with van der Waals surface area (Å²) in [5.74, 6) is 2.47. The number of nitro groups is 1. The Labute approximate surface area is 222 Å². The van der Waals surface area contributed by atoms with Crippen molar-refractivity contribution in [1.82, 2.24) is 0 Å². The van der Waals surface area contributed by atoms with Crippen LogP contribution in [0, 0.1) is 56.5 Å². The number of nitrogens with zero attached hydrogens (tertiary/aromatic N) is 1. The van der Waals surface area contributed by atoms with Crippen molar-refractivity contribution < 1.29 is 24.7 Å². The van der Waals surface area contributed by atoms with Crippen LogP contribution in [0.15, 0.2) is 0 Å². The van der Waals surface area contributed by atoms with Gasteiger partial charge in [-0.05, 0) is 123 Å². The fraction of sp³-hybridized carbons (Fsp3) is 0.967. The molecule has 5 saturated carbocycles. The molecule has 5 fully saturated rings. The summed E-state index contributed by atoms with van der Waals surface area (Å²) in [6.07, 6.45) is 11.1. The van der Waals surface area contributed by atoms with Crippen LogP contribution < -0.4 is 0 Å². The van der Waals surface area contributed by atoms with E-state index in [0.717, 1.165) is 64.2 Å². The number of hydrogen-bond donors (Lipinski definition) is 2. The highest BCUT2D eigenvalue weighted by Crippen LogP contribution is 2.68. The van der Waals surface area contributed by atoms with Crippen molar-refractivity contribution >= 4 is 5.97 Å². The molecular weight excluding hydrogens is 470 g/mol. The van der Waals surface area contributed by atoms with E-state index in [9.17, 15) is 25.1 Å². The summed E-state index contributed by atoms with van der Waals surface area (Å²) >= 11 is 0. The molecule has 7 nitrogen and oxygen atoms in total. The van der Waals surface area contributed by atoms with Gasteiger partial charge in [-0.2, -0.15) is 0 Å². The highest BCUT2D eigenvalue weighted by Gasteiger charge is 2.62. The van der Waals surface area contributed by atoms with Gasteiger partial charge in [0.05, 0.1) is 12.2 Å². The zero-order valence-electron chi connectivity index (χ0n) is 23.1. The van der Waals surface area contributed by atoms with Crippen molar-refractivity contribution in [3.63, 3.8) is 0 Å². The second-order valence-electron chi connectivity index (χ2n) is 14.1. The van der Waals surface area contributed by atoms with Crippen molar-refractivity contribution in [1.29, 1.82) is 0 Å². The van der Waals surface area contributed by atoms with Gasteiger partial charge in [0.2, 0.25) is 6.04 Å². The number of hydrogen-bond acceptors (Lipinski definition) is 6. The summed E-state index contributed by atoms with van der Waals surface area (Å²) in [5.41, 5.74) is 0.418. The van der Waals surface area contributed by atoms with Crippen LogP contribution in [0.2, 0.25) is 0 Å². The molecule has 12 unspecified atom stereocenters. The van der Waals surface area contributed by atoms with E-state index >= 15 is 0 Å². The average Bonchev–Trinajstić information content (AvgIpc) is 3.21. The van der Waals surface area contributed by atoms with Crippen molar-refractivity contribution in [3.8, 4) is 0 Å². The minimum absolute atomic E-state index is 0.183. The molecule has 0 spiro atoms. The molecule has 0 heterocycles. The molecule has 210 valence electrons. The Morgan fingerprint density at radius 3 is 2.46 bits per heavy atom. The summed E-state index contributed by atoms with van der Waals surface area (Å²) in [6, 6.07) is -0.754. The predicted molar refractivity (Wildman–Crippen MR) is 140 cm³/mol. The Hall–Kier alpha value is -1.21. The summed E-state index contributed by atoms with van der Waals surface area (Å²) in [5, 5.41) is 33.1. The third-order valence-corrected chi connectivity index (χ3v) is 12.4. The largest absolute Gasteiger partial charge is 0.455 e. The van der Waals surface area contributed by atoms with Crippen LogP contribution in [-0.4, -0.2) is 45.5 Å². The number of aliphatic hydroxyl groups excluding tert-OH is 2. The molecule has 0 saturated heterocycles. The first-order valence-corrected chi connectivity index (χ1v) is 15.2. The summed E-state index contributed by atoms with van der Waals surface area (Å²) in [6.45, 7) is 7.18. The Morgan fingerprint density at radius 1 is 1.00 bits per heavy atom. The number of ether oxygens (including phenoxy) is 1. The molecule has 2 N–H and O–H groups in total. The quantitative estimate of drug-likeness (QED) is 0.271. The normalized spacial score (nSPS) is 48.3. The van der Waals surface area contributed by atoms with Gasteiger partial charge in [-0.1, -0.05) is 20.8 Å². The number of carbonyl (C=O) groups is 1. The monoisotopic (exact) mass is 519 g/mol. The first-order chi connectivity index (χ1) is 17.5. The molecular formula is C30H49NO6.